The Bertz CT molecular complexity index is 1740. The summed E-state index contributed by atoms with van der Waals surface area (Å²) in [7, 11) is 3.25. The summed E-state index contributed by atoms with van der Waals surface area (Å²) in [5.41, 5.74) is 4.00. The molecule has 0 radical (unpaired) electrons. The first kappa shape index (κ1) is 23.2. The lowest BCUT2D eigenvalue weighted by molar-refractivity contribution is 0.413. The van der Waals surface area contributed by atoms with Gasteiger partial charge in [0.05, 0.1) is 25.9 Å². The van der Waals surface area contributed by atoms with Crippen molar-refractivity contribution in [3.05, 3.63) is 97.3 Å². The summed E-state index contributed by atoms with van der Waals surface area (Å²) in [5, 5.41) is 14.4. The van der Waals surface area contributed by atoms with Crippen LogP contribution in [0.1, 0.15) is 0 Å². The summed E-state index contributed by atoms with van der Waals surface area (Å²) in [6.07, 6.45) is 3.34. The van der Waals surface area contributed by atoms with Crippen LogP contribution in [0.25, 0.3) is 33.1 Å². The highest BCUT2D eigenvalue weighted by Gasteiger charge is 2.12. The molecule has 0 bridgehead atoms. The van der Waals surface area contributed by atoms with Crippen LogP contribution in [0, 0.1) is 0 Å². The van der Waals surface area contributed by atoms with Gasteiger partial charge < -0.3 is 19.5 Å². The molecule has 8 heteroatoms. The number of fused-ring (bicyclic) bond motifs is 2. The molecular weight excluding hydrogens is 478 g/mol. The molecular formula is C30H23N5O3. The quantitative estimate of drug-likeness (QED) is 0.256. The van der Waals surface area contributed by atoms with Crippen LogP contribution in [0.4, 0.5) is 11.5 Å². The lowest BCUT2D eigenvalue weighted by atomic mass is 10.0. The standard InChI is InChI=1S/C30H23N5O3/c1-36-21-11-7-19(8-12-21)28-24-5-3-4-6-25(24)30(35-34-28)33-20-9-13-22(14-10-20)38-27-15-16-31-26-17-23(37-2)18-32-29(26)27/h3-18H,1-2H3,(H,33,35). The number of rotatable bonds is 7. The summed E-state index contributed by atoms with van der Waals surface area (Å²) < 4.78 is 16.6. The van der Waals surface area contributed by atoms with E-state index >= 15 is 0 Å². The molecule has 186 valence electrons. The third-order valence-electron chi connectivity index (χ3n) is 6.15. The zero-order chi connectivity index (χ0) is 25.9. The minimum Gasteiger partial charge on any atom is -0.497 e. The summed E-state index contributed by atoms with van der Waals surface area (Å²) in [6, 6.07) is 27.2. The Morgan fingerprint density at radius 2 is 1.42 bits per heavy atom. The molecule has 0 aliphatic rings. The number of hydrogen-bond donors (Lipinski definition) is 1. The third-order valence-corrected chi connectivity index (χ3v) is 6.15. The Morgan fingerprint density at radius 1 is 0.684 bits per heavy atom. The molecule has 0 atom stereocenters. The molecule has 3 aromatic heterocycles. The van der Waals surface area contributed by atoms with E-state index in [1.165, 1.54) is 0 Å². The van der Waals surface area contributed by atoms with Crippen molar-refractivity contribution in [1.82, 2.24) is 20.2 Å². The first-order valence-electron chi connectivity index (χ1n) is 12.0. The molecule has 0 spiro atoms. The van der Waals surface area contributed by atoms with E-state index in [0.29, 0.717) is 34.1 Å². The second-order valence-electron chi connectivity index (χ2n) is 8.47. The van der Waals surface area contributed by atoms with Gasteiger partial charge in [0, 0.05) is 40.4 Å². The number of anilines is 2. The van der Waals surface area contributed by atoms with Gasteiger partial charge in [0.1, 0.15) is 28.5 Å². The second kappa shape index (κ2) is 10.0. The lowest BCUT2D eigenvalue weighted by Crippen LogP contribution is -1.99. The van der Waals surface area contributed by atoms with Crippen LogP contribution >= 0.6 is 0 Å². The van der Waals surface area contributed by atoms with Gasteiger partial charge in [-0.3, -0.25) is 4.98 Å². The van der Waals surface area contributed by atoms with Gasteiger partial charge in [-0.2, -0.15) is 0 Å². The molecule has 6 aromatic rings. The maximum atomic E-state index is 6.11. The van der Waals surface area contributed by atoms with Crippen molar-refractivity contribution in [2.45, 2.75) is 0 Å². The molecule has 0 amide bonds. The number of ether oxygens (including phenoxy) is 3. The molecule has 3 aromatic carbocycles. The van der Waals surface area contributed by atoms with Gasteiger partial charge in [0.15, 0.2) is 11.6 Å². The van der Waals surface area contributed by atoms with Crippen LogP contribution in [0.3, 0.4) is 0 Å². The van der Waals surface area contributed by atoms with E-state index in [0.717, 1.165) is 33.5 Å². The molecule has 38 heavy (non-hydrogen) atoms. The minimum atomic E-state index is 0.615. The molecule has 0 unspecified atom stereocenters. The Hall–Kier alpha value is -5.24. The Balaban J connectivity index is 1.25. The van der Waals surface area contributed by atoms with E-state index in [9.17, 15) is 0 Å². The van der Waals surface area contributed by atoms with Crippen LogP contribution in [0.15, 0.2) is 97.3 Å². The van der Waals surface area contributed by atoms with E-state index in [2.05, 4.69) is 25.5 Å². The van der Waals surface area contributed by atoms with Crippen molar-refractivity contribution in [2.75, 3.05) is 19.5 Å². The van der Waals surface area contributed by atoms with Crippen LogP contribution in [-0.2, 0) is 0 Å². The highest BCUT2D eigenvalue weighted by atomic mass is 16.5. The summed E-state index contributed by atoms with van der Waals surface area (Å²) >= 11 is 0. The van der Waals surface area contributed by atoms with Crippen LogP contribution in [-0.4, -0.2) is 34.4 Å². The van der Waals surface area contributed by atoms with E-state index in [1.807, 2.05) is 78.9 Å². The predicted octanol–water partition coefficient (Wildman–Crippen LogP) is 6.79. The molecule has 6 rings (SSSR count). The van der Waals surface area contributed by atoms with Crippen molar-refractivity contribution in [2.24, 2.45) is 0 Å². The fraction of sp³-hybridized carbons (Fsp3) is 0.0667. The number of nitrogens with one attached hydrogen (secondary N) is 1. The smallest absolute Gasteiger partial charge is 0.161 e. The van der Waals surface area contributed by atoms with Crippen LogP contribution in [0.2, 0.25) is 0 Å². The van der Waals surface area contributed by atoms with Gasteiger partial charge in [-0.1, -0.05) is 24.3 Å². The molecule has 1 N–H and O–H groups in total. The predicted molar refractivity (Wildman–Crippen MR) is 147 cm³/mol. The largest absolute Gasteiger partial charge is 0.497 e. The highest BCUT2D eigenvalue weighted by molar-refractivity contribution is 6.00. The van der Waals surface area contributed by atoms with Gasteiger partial charge in [0.2, 0.25) is 0 Å². The average Bonchev–Trinajstić information content (AvgIpc) is 2.98. The van der Waals surface area contributed by atoms with Crippen LogP contribution in [0.5, 0.6) is 23.0 Å². The van der Waals surface area contributed by atoms with Crippen molar-refractivity contribution in [3.8, 4) is 34.3 Å². The highest BCUT2D eigenvalue weighted by Crippen LogP contribution is 2.33. The zero-order valence-corrected chi connectivity index (χ0v) is 20.8. The maximum Gasteiger partial charge on any atom is 0.161 e. The normalized spacial score (nSPS) is 10.9. The zero-order valence-electron chi connectivity index (χ0n) is 20.8. The molecule has 0 fully saturated rings. The van der Waals surface area contributed by atoms with Gasteiger partial charge in [-0.15, -0.1) is 10.2 Å². The summed E-state index contributed by atoms with van der Waals surface area (Å²) in [5.74, 6) is 3.40. The fourth-order valence-electron chi connectivity index (χ4n) is 4.21. The third kappa shape index (κ3) is 4.51. The monoisotopic (exact) mass is 501 g/mol. The van der Waals surface area contributed by atoms with E-state index in [-0.39, 0.29) is 0 Å². The van der Waals surface area contributed by atoms with Crippen molar-refractivity contribution in [1.29, 1.82) is 0 Å². The van der Waals surface area contributed by atoms with Gasteiger partial charge in [0.25, 0.3) is 0 Å². The van der Waals surface area contributed by atoms with Crippen molar-refractivity contribution < 1.29 is 14.2 Å². The Labute approximate surface area is 218 Å². The summed E-state index contributed by atoms with van der Waals surface area (Å²) in [4.78, 5) is 8.80. The number of aromatic nitrogens is 4. The molecule has 3 heterocycles. The van der Waals surface area contributed by atoms with Gasteiger partial charge in [-0.05, 0) is 48.5 Å². The molecule has 0 aliphatic heterocycles. The van der Waals surface area contributed by atoms with E-state index < -0.39 is 0 Å². The molecule has 0 saturated carbocycles. The minimum absolute atomic E-state index is 0.615. The first-order valence-corrected chi connectivity index (χ1v) is 12.0. The number of pyridine rings is 2. The lowest BCUT2D eigenvalue weighted by Gasteiger charge is -2.12. The molecule has 0 saturated heterocycles. The van der Waals surface area contributed by atoms with Gasteiger partial charge >= 0.3 is 0 Å². The van der Waals surface area contributed by atoms with Crippen molar-refractivity contribution >= 4 is 33.3 Å². The van der Waals surface area contributed by atoms with Crippen molar-refractivity contribution in [3.63, 3.8) is 0 Å². The fourth-order valence-corrected chi connectivity index (χ4v) is 4.21. The molecule has 0 aliphatic carbocycles. The first-order chi connectivity index (χ1) is 18.7. The SMILES string of the molecule is COc1ccc(-c2nnc(Nc3ccc(Oc4ccnc5cc(OC)cnc45)cc3)c3ccccc23)cc1. The van der Waals surface area contributed by atoms with E-state index in [1.54, 1.807) is 32.7 Å². The number of benzene rings is 3. The molecule has 8 nitrogen and oxygen atoms in total. The maximum absolute atomic E-state index is 6.11. The average molecular weight is 502 g/mol. The number of methoxy groups -OCH3 is 2. The van der Waals surface area contributed by atoms with Crippen LogP contribution < -0.4 is 19.5 Å². The number of hydrogen-bond acceptors (Lipinski definition) is 8. The van der Waals surface area contributed by atoms with Gasteiger partial charge in [-0.25, -0.2) is 4.98 Å². The number of nitrogens with zero attached hydrogens (tertiary/aromatic N) is 4. The second-order valence-corrected chi connectivity index (χ2v) is 8.47. The topological polar surface area (TPSA) is 91.3 Å². The van der Waals surface area contributed by atoms with E-state index in [4.69, 9.17) is 14.2 Å². The Morgan fingerprint density at radius 3 is 2.18 bits per heavy atom. The summed E-state index contributed by atoms with van der Waals surface area (Å²) in [6.45, 7) is 0. The Kier molecular flexibility index (Phi) is 6.11.